The molecule has 6 heteroatoms. The van der Waals surface area contributed by atoms with E-state index in [-0.39, 0.29) is 23.0 Å². The van der Waals surface area contributed by atoms with Gasteiger partial charge >= 0.3 is 0 Å². The molecule has 4 nitrogen and oxygen atoms in total. The highest BCUT2D eigenvalue weighted by molar-refractivity contribution is 9.10. The van der Waals surface area contributed by atoms with Crippen molar-refractivity contribution < 1.29 is 9.18 Å². The van der Waals surface area contributed by atoms with Crippen LogP contribution in [0.4, 0.5) is 15.8 Å². The van der Waals surface area contributed by atoms with Crippen LogP contribution in [0.2, 0.25) is 0 Å². The lowest BCUT2D eigenvalue weighted by atomic mass is 10.1. The number of rotatable bonds is 4. The lowest BCUT2D eigenvalue weighted by Crippen LogP contribution is -2.33. The van der Waals surface area contributed by atoms with Gasteiger partial charge in [0.25, 0.3) is 5.91 Å². The first-order chi connectivity index (χ1) is 14.4. The van der Waals surface area contributed by atoms with Crippen LogP contribution in [0.1, 0.15) is 11.1 Å². The van der Waals surface area contributed by atoms with Crippen LogP contribution in [0.5, 0.6) is 0 Å². The van der Waals surface area contributed by atoms with Gasteiger partial charge < -0.3 is 4.90 Å². The molecule has 150 valence electrons. The van der Waals surface area contributed by atoms with Crippen LogP contribution in [-0.4, -0.2) is 25.8 Å². The third-order valence-electron chi connectivity index (χ3n) is 4.77. The van der Waals surface area contributed by atoms with Crippen LogP contribution in [-0.2, 0) is 4.79 Å². The van der Waals surface area contributed by atoms with Crippen molar-refractivity contribution in [2.24, 2.45) is 4.99 Å². The van der Waals surface area contributed by atoms with Crippen LogP contribution in [0, 0.1) is 5.82 Å². The number of carbonyl (C=O) groups is 1. The number of halogens is 2. The fourth-order valence-electron chi connectivity index (χ4n) is 3.20. The summed E-state index contributed by atoms with van der Waals surface area (Å²) in [7, 11) is 3.93. The van der Waals surface area contributed by atoms with Gasteiger partial charge in [0.1, 0.15) is 11.5 Å². The van der Waals surface area contributed by atoms with Gasteiger partial charge in [0.2, 0.25) is 0 Å². The summed E-state index contributed by atoms with van der Waals surface area (Å²) in [5, 5.41) is 0. The Bertz CT molecular complexity index is 1150. The Hall–Kier alpha value is -3.25. The highest BCUT2D eigenvalue weighted by Gasteiger charge is 2.33. The van der Waals surface area contributed by atoms with Crippen LogP contribution >= 0.6 is 15.9 Å². The summed E-state index contributed by atoms with van der Waals surface area (Å²) in [5.74, 6) is -0.452. The normalized spacial score (nSPS) is 14.9. The number of nitrogens with zero attached hydrogens (tertiary/aromatic N) is 3. The van der Waals surface area contributed by atoms with E-state index in [0.717, 1.165) is 15.7 Å². The van der Waals surface area contributed by atoms with Gasteiger partial charge in [0, 0.05) is 24.3 Å². The molecule has 1 aliphatic rings. The molecule has 0 fully saturated rings. The average Bonchev–Trinajstić information content (AvgIpc) is 3.05. The molecule has 1 amide bonds. The van der Waals surface area contributed by atoms with Gasteiger partial charge in [-0.3, -0.25) is 9.69 Å². The number of amides is 1. The van der Waals surface area contributed by atoms with E-state index in [1.54, 1.807) is 36.4 Å². The van der Waals surface area contributed by atoms with Crippen molar-refractivity contribution in [2.75, 3.05) is 23.9 Å². The summed E-state index contributed by atoms with van der Waals surface area (Å²) in [6.45, 7) is 0. The third-order valence-corrected chi connectivity index (χ3v) is 5.30. The summed E-state index contributed by atoms with van der Waals surface area (Å²) >= 11 is 3.40. The number of hydrogen-bond donors (Lipinski definition) is 0. The monoisotopic (exact) mass is 463 g/mol. The second-order valence-electron chi connectivity index (χ2n) is 7.05. The topological polar surface area (TPSA) is 35.9 Å². The molecule has 30 heavy (non-hydrogen) atoms. The number of aliphatic imine (C=N–C) groups is 1. The maximum atomic E-state index is 14.5. The predicted molar refractivity (Wildman–Crippen MR) is 123 cm³/mol. The first-order valence-corrected chi connectivity index (χ1v) is 10.2. The van der Waals surface area contributed by atoms with Crippen LogP contribution in [0.25, 0.3) is 6.08 Å². The number of carbonyl (C=O) groups excluding carboxylic acids is 1. The Morgan fingerprint density at radius 3 is 2.27 bits per heavy atom. The molecule has 0 saturated carbocycles. The number of anilines is 2. The molecular formula is C24H19BrFN3O. The molecular weight excluding hydrogens is 445 g/mol. The Kier molecular flexibility index (Phi) is 5.50. The zero-order valence-corrected chi connectivity index (χ0v) is 18.1. The van der Waals surface area contributed by atoms with Gasteiger partial charge in [0.15, 0.2) is 5.84 Å². The number of benzene rings is 3. The van der Waals surface area contributed by atoms with E-state index in [2.05, 4.69) is 20.9 Å². The average molecular weight is 464 g/mol. The highest BCUT2D eigenvalue weighted by Crippen LogP contribution is 2.29. The minimum atomic E-state index is -0.428. The lowest BCUT2D eigenvalue weighted by Gasteiger charge is -2.19. The van der Waals surface area contributed by atoms with Gasteiger partial charge in [-0.1, -0.05) is 40.2 Å². The van der Waals surface area contributed by atoms with Crippen molar-refractivity contribution in [1.82, 2.24) is 0 Å². The van der Waals surface area contributed by atoms with E-state index in [1.807, 2.05) is 55.4 Å². The zero-order valence-electron chi connectivity index (χ0n) is 16.5. The second kappa shape index (κ2) is 8.24. The van der Waals surface area contributed by atoms with Gasteiger partial charge in [-0.25, -0.2) is 9.38 Å². The molecule has 0 bridgehead atoms. The highest BCUT2D eigenvalue weighted by atomic mass is 79.9. The van der Waals surface area contributed by atoms with Crippen molar-refractivity contribution in [3.63, 3.8) is 0 Å². The van der Waals surface area contributed by atoms with E-state index in [1.165, 1.54) is 11.0 Å². The van der Waals surface area contributed by atoms with E-state index < -0.39 is 5.82 Å². The van der Waals surface area contributed by atoms with E-state index in [9.17, 15) is 9.18 Å². The van der Waals surface area contributed by atoms with E-state index in [4.69, 9.17) is 0 Å². The summed E-state index contributed by atoms with van der Waals surface area (Å²) in [6, 6.07) is 21.4. The van der Waals surface area contributed by atoms with E-state index in [0.29, 0.717) is 5.69 Å². The molecule has 0 N–H and O–H groups in total. The first-order valence-electron chi connectivity index (χ1n) is 9.37. The van der Waals surface area contributed by atoms with Gasteiger partial charge in [-0.2, -0.15) is 0 Å². The minimum absolute atomic E-state index is 0.258. The van der Waals surface area contributed by atoms with Crippen molar-refractivity contribution in [3.05, 3.63) is 99.9 Å². The van der Waals surface area contributed by atoms with Crippen molar-refractivity contribution in [3.8, 4) is 0 Å². The molecule has 0 saturated heterocycles. The SMILES string of the molecule is CN(C)c1ccc(/C=C2\N=C(c3ccccc3F)N(c3ccc(Br)cc3)C2=O)cc1. The zero-order chi connectivity index (χ0) is 21.3. The maximum absolute atomic E-state index is 14.5. The Balaban J connectivity index is 1.79. The first kappa shape index (κ1) is 20.0. The van der Waals surface area contributed by atoms with Gasteiger partial charge in [0.05, 0.1) is 11.3 Å². The molecule has 1 aliphatic heterocycles. The quantitative estimate of drug-likeness (QED) is 0.479. The van der Waals surface area contributed by atoms with Crippen molar-refractivity contribution in [2.45, 2.75) is 0 Å². The number of amidine groups is 1. The molecule has 0 radical (unpaired) electrons. The molecule has 0 atom stereocenters. The standard InChI is InChI=1S/C24H19BrFN3O/c1-28(2)18-11-7-16(8-12-18)15-22-24(30)29(19-13-9-17(25)10-14-19)23(27-22)20-5-3-4-6-21(20)26/h3-15H,1-2H3/b22-15-. The molecule has 3 aromatic rings. The summed E-state index contributed by atoms with van der Waals surface area (Å²) in [4.78, 5) is 21.2. The van der Waals surface area contributed by atoms with Crippen LogP contribution < -0.4 is 9.80 Å². The second-order valence-corrected chi connectivity index (χ2v) is 7.96. The Labute approximate surface area is 183 Å². The van der Waals surface area contributed by atoms with E-state index >= 15 is 0 Å². The molecule has 0 aliphatic carbocycles. The lowest BCUT2D eigenvalue weighted by molar-refractivity contribution is -0.113. The van der Waals surface area contributed by atoms with Crippen LogP contribution in [0.3, 0.4) is 0 Å². The molecule has 4 rings (SSSR count). The molecule has 1 heterocycles. The summed E-state index contributed by atoms with van der Waals surface area (Å²) in [5.41, 5.74) is 3.06. The molecule has 0 aromatic heterocycles. The smallest absolute Gasteiger partial charge is 0.282 e. The van der Waals surface area contributed by atoms with Gasteiger partial charge in [-0.15, -0.1) is 0 Å². The van der Waals surface area contributed by atoms with Crippen LogP contribution in [0.15, 0.2) is 88.0 Å². The third kappa shape index (κ3) is 3.91. The summed E-state index contributed by atoms with van der Waals surface area (Å²) in [6.07, 6.45) is 1.72. The van der Waals surface area contributed by atoms with Gasteiger partial charge in [-0.05, 0) is 60.2 Å². The van der Waals surface area contributed by atoms with Crippen molar-refractivity contribution >= 4 is 45.1 Å². The summed E-state index contributed by atoms with van der Waals surface area (Å²) < 4.78 is 15.4. The largest absolute Gasteiger partial charge is 0.378 e. The molecule has 0 spiro atoms. The fraction of sp³-hybridized carbons (Fsp3) is 0.0833. The molecule has 0 unspecified atom stereocenters. The minimum Gasteiger partial charge on any atom is -0.378 e. The predicted octanol–water partition coefficient (Wildman–Crippen LogP) is 5.49. The fourth-order valence-corrected chi connectivity index (χ4v) is 3.46. The Morgan fingerprint density at radius 2 is 1.63 bits per heavy atom. The number of hydrogen-bond acceptors (Lipinski definition) is 3. The maximum Gasteiger partial charge on any atom is 0.282 e. The Morgan fingerprint density at radius 1 is 0.967 bits per heavy atom. The van der Waals surface area contributed by atoms with Crippen molar-refractivity contribution in [1.29, 1.82) is 0 Å². The molecule has 3 aromatic carbocycles.